The largest absolute Gasteiger partial charge is 0.631 e. The van der Waals surface area contributed by atoms with E-state index in [1.807, 2.05) is 30.3 Å². The first-order chi connectivity index (χ1) is 5.66. The van der Waals surface area contributed by atoms with E-state index in [0.29, 0.717) is 0 Å². The molecule has 1 aromatic carbocycles. The topological polar surface area (TPSA) is 77.8 Å². The van der Waals surface area contributed by atoms with E-state index in [-0.39, 0.29) is 0 Å². The molecule has 1 rings (SSSR count). The number of halogens is 1. The second kappa shape index (κ2) is 7.35. The molecule has 4 nitrogen and oxygen atoms in total. The van der Waals surface area contributed by atoms with Crippen LogP contribution in [-0.4, -0.2) is 22.4 Å². The number of hydrogen-bond donors (Lipinski definition) is 3. The van der Waals surface area contributed by atoms with E-state index < -0.39 is 28.5 Å². The van der Waals surface area contributed by atoms with Crippen LogP contribution in [0.2, 0.25) is 0 Å². The van der Waals surface area contributed by atoms with Crippen LogP contribution in [-0.2, 0) is 3.07 Å². The summed E-state index contributed by atoms with van der Waals surface area (Å²) in [6.45, 7) is 0. The fourth-order valence-corrected chi connectivity index (χ4v) is 1.17. The molecule has 0 radical (unpaired) electrons. The van der Waals surface area contributed by atoms with Gasteiger partial charge in [-0.15, -0.1) is 0 Å². The Morgan fingerprint density at radius 1 is 1.08 bits per heavy atom. The summed E-state index contributed by atoms with van der Waals surface area (Å²) < 4.78 is 11.2. The third kappa shape index (κ3) is 7.80. The molecule has 3 N–H and O–H groups in total. The van der Waals surface area contributed by atoms with Gasteiger partial charge in [-0.1, -0.05) is 18.2 Å². The van der Waals surface area contributed by atoms with E-state index in [0.717, 1.165) is 3.57 Å². The van der Waals surface area contributed by atoms with Crippen molar-refractivity contribution in [3.8, 4) is 0 Å². The zero-order valence-corrected chi connectivity index (χ0v) is 8.25. The van der Waals surface area contributed by atoms with Crippen LogP contribution < -0.4 is 0 Å². The van der Waals surface area contributed by atoms with Crippen LogP contribution in [0.25, 0.3) is 0 Å². The third-order valence-electron chi connectivity index (χ3n) is 0.822. The van der Waals surface area contributed by atoms with E-state index in [4.69, 9.17) is 15.1 Å². The monoisotopic (exact) mass is 282 g/mol. The molecule has 0 atom stereocenters. The summed E-state index contributed by atoms with van der Waals surface area (Å²) in [5.41, 5.74) is 0. The third-order valence-corrected chi connectivity index (χ3v) is 2.05. The zero-order chi connectivity index (χ0) is 9.40. The molecule has 0 heterocycles. The predicted octanol–water partition coefficient (Wildman–Crippen LogP) is 0.121. The molecular formula is C6H8BIO4. The van der Waals surface area contributed by atoms with E-state index in [1.54, 1.807) is 0 Å². The van der Waals surface area contributed by atoms with Gasteiger partial charge in [-0.2, -0.15) is 0 Å². The highest BCUT2D eigenvalue weighted by atomic mass is 127. The zero-order valence-electron chi connectivity index (χ0n) is 6.09. The van der Waals surface area contributed by atoms with Gasteiger partial charge in [0.15, 0.2) is 21.2 Å². The highest BCUT2D eigenvalue weighted by Crippen LogP contribution is 2.06. The number of hydrogen-bond acceptors (Lipinski definition) is 4. The maximum Gasteiger partial charge on any atom is 0.631 e. The van der Waals surface area contributed by atoms with Gasteiger partial charge in [0.2, 0.25) is 0 Å². The fourth-order valence-electron chi connectivity index (χ4n) is 0.466. The molecule has 1 aromatic rings. The lowest BCUT2D eigenvalue weighted by Crippen LogP contribution is -2.07. The summed E-state index contributed by atoms with van der Waals surface area (Å²) in [5.74, 6) is 0. The minimum Gasteiger partial charge on any atom is -0.402 e. The van der Waals surface area contributed by atoms with Crippen molar-refractivity contribution < 1.29 is 18.1 Å². The van der Waals surface area contributed by atoms with Crippen LogP contribution in [0.4, 0.5) is 0 Å². The van der Waals surface area contributed by atoms with Crippen LogP contribution in [0.1, 0.15) is 0 Å². The quantitative estimate of drug-likeness (QED) is 0.505. The first kappa shape index (κ1) is 11.7. The van der Waals surface area contributed by atoms with Crippen molar-refractivity contribution in [3.63, 3.8) is 0 Å². The van der Waals surface area contributed by atoms with Gasteiger partial charge in [-0.3, -0.25) is 3.07 Å². The first-order valence-corrected chi connectivity index (χ1v) is 4.99. The molecule has 0 aliphatic carbocycles. The Balaban J connectivity index is 0.000000261. The van der Waals surface area contributed by atoms with E-state index in [1.165, 1.54) is 0 Å². The van der Waals surface area contributed by atoms with Gasteiger partial charge in [0.05, 0.1) is 0 Å². The molecule has 0 spiro atoms. The van der Waals surface area contributed by atoms with Crippen molar-refractivity contribution in [2.24, 2.45) is 0 Å². The van der Waals surface area contributed by atoms with Gasteiger partial charge < -0.3 is 15.1 Å². The molecular weight excluding hydrogens is 274 g/mol. The van der Waals surface area contributed by atoms with Crippen LogP contribution in [0, 0.1) is 3.57 Å². The highest BCUT2D eigenvalue weighted by molar-refractivity contribution is 14.1. The fraction of sp³-hybridized carbons (Fsp3) is 0. The predicted molar refractivity (Wildman–Crippen MR) is 52.3 cm³/mol. The molecule has 0 amide bonds. The first-order valence-electron chi connectivity index (χ1n) is 3.03. The Kier molecular flexibility index (Phi) is 7.16. The Hall–Kier alpha value is -0.305. The molecule has 12 heavy (non-hydrogen) atoms. The van der Waals surface area contributed by atoms with Crippen molar-refractivity contribution in [2.45, 2.75) is 0 Å². The molecule has 66 valence electrons. The van der Waals surface area contributed by atoms with Gasteiger partial charge in [-0.05, 0) is 12.1 Å². The van der Waals surface area contributed by atoms with Gasteiger partial charge in [0.25, 0.3) is 0 Å². The maximum atomic E-state index is 10.2. The summed E-state index contributed by atoms with van der Waals surface area (Å²) in [4.78, 5) is 0. The highest BCUT2D eigenvalue weighted by Gasteiger charge is 1.92. The summed E-state index contributed by atoms with van der Waals surface area (Å²) >= 11 is -0.941. The van der Waals surface area contributed by atoms with E-state index >= 15 is 0 Å². The summed E-state index contributed by atoms with van der Waals surface area (Å²) in [6.07, 6.45) is 0. The molecule has 0 saturated carbocycles. The van der Waals surface area contributed by atoms with Crippen LogP contribution in [0.15, 0.2) is 30.3 Å². The maximum absolute atomic E-state index is 10.2. The average molecular weight is 282 g/mol. The average Bonchev–Trinajstić information content (AvgIpc) is 2.05. The lowest BCUT2D eigenvalue weighted by Gasteiger charge is -1.80. The molecule has 6 heteroatoms. The Labute approximate surface area is 80.7 Å². The Bertz CT molecular complexity index is 213. The second-order valence-electron chi connectivity index (χ2n) is 1.72. The van der Waals surface area contributed by atoms with Gasteiger partial charge in [0.1, 0.15) is 0 Å². The number of benzene rings is 1. The minimum absolute atomic E-state index is 0.941. The Morgan fingerprint density at radius 3 is 1.75 bits per heavy atom. The number of rotatable bonds is 1. The molecule has 0 saturated heterocycles. The molecule has 0 aliphatic heterocycles. The van der Waals surface area contributed by atoms with Crippen LogP contribution in [0.5, 0.6) is 0 Å². The van der Waals surface area contributed by atoms with Crippen molar-refractivity contribution in [1.29, 1.82) is 0 Å². The molecule has 0 aliphatic rings. The SMILES string of the molecule is O=Ic1ccccc1.OB(O)O. The summed E-state index contributed by atoms with van der Waals surface area (Å²) in [6, 6.07) is 9.46. The van der Waals surface area contributed by atoms with Crippen molar-refractivity contribution >= 4 is 28.5 Å². The van der Waals surface area contributed by atoms with Crippen molar-refractivity contribution in [3.05, 3.63) is 33.9 Å². The van der Waals surface area contributed by atoms with Crippen molar-refractivity contribution in [2.75, 3.05) is 0 Å². The lowest BCUT2D eigenvalue weighted by molar-refractivity contribution is 0.278. The van der Waals surface area contributed by atoms with Crippen LogP contribution >= 0.6 is 21.2 Å². The standard InChI is InChI=1S/C6H5IO.BH3O3/c8-7-6-4-2-1-3-5-6;2-1(3)4/h1-5H;2-4H. The molecule has 0 aromatic heterocycles. The van der Waals surface area contributed by atoms with Crippen molar-refractivity contribution in [1.82, 2.24) is 0 Å². The normalized spacial score (nSPS) is 8.25. The van der Waals surface area contributed by atoms with Crippen LogP contribution in [0.3, 0.4) is 0 Å². The lowest BCUT2D eigenvalue weighted by atomic mass is 10.3. The van der Waals surface area contributed by atoms with Gasteiger partial charge >= 0.3 is 7.32 Å². The van der Waals surface area contributed by atoms with Gasteiger partial charge in [-0.25, -0.2) is 0 Å². The van der Waals surface area contributed by atoms with E-state index in [9.17, 15) is 3.07 Å². The van der Waals surface area contributed by atoms with Gasteiger partial charge in [0, 0.05) is 3.57 Å². The molecule has 0 bridgehead atoms. The second-order valence-corrected chi connectivity index (χ2v) is 3.41. The van der Waals surface area contributed by atoms with E-state index in [2.05, 4.69) is 0 Å². The molecule has 0 unspecified atom stereocenters. The molecule has 0 fully saturated rings. The Morgan fingerprint density at radius 2 is 1.50 bits per heavy atom. The summed E-state index contributed by atoms with van der Waals surface area (Å²) in [7, 11) is -2.17. The minimum atomic E-state index is -2.17. The smallest absolute Gasteiger partial charge is 0.402 e. The summed E-state index contributed by atoms with van der Waals surface area (Å²) in [5, 5.41) is 21.5.